The lowest BCUT2D eigenvalue weighted by molar-refractivity contribution is -0.111. The number of benzene rings is 2. The third kappa shape index (κ3) is 4.51. The van der Waals surface area contributed by atoms with Crippen LogP contribution < -0.4 is 10.1 Å². The zero-order valence-corrected chi connectivity index (χ0v) is 14.2. The fraction of sp³-hybridized carbons (Fsp3) is 0.0526. The van der Waals surface area contributed by atoms with Crippen molar-refractivity contribution in [2.24, 2.45) is 0 Å². The zero-order valence-electron chi connectivity index (χ0n) is 13.4. The Morgan fingerprint density at radius 3 is 2.80 bits per heavy atom. The molecule has 0 unspecified atom stereocenters. The first kappa shape index (κ1) is 16.9. The van der Waals surface area contributed by atoms with Gasteiger partial charge in [0.05, 0.1) is 12.8 Å². The third-order valence-electron chi connectivity index (χ3n) is 3.40. The third-order valence-corrected chi connectivity index (χ3v) is 4.15. The molecule has 0 atom stereocenters. The SMILES string of the molecule is COc1cccc(-c2csc(NC(=O)C=Cc3ccc(F)cc3)n2)c1. The fourth-order valence-corrected chi connectivity index (χ4v) is 2.86. The minimum Gasteiger partial charge on any atom is -0.497 e. The van der Waals surface area contributed by atoms with Crippen LogP contribution in [0.1, 0.15) is 5.56 Å². The number of amides is 1. The average molecular weight is 354 g/mol. The van der Waals surface area contributed by atoms with Gasteiger partial charge in [-0.15, -0.1) is 11.3 Å². The van der Waals surface area contributed by atoms with Gasteiger partial charge in [0.15, 0.2) is 5.13 Å². The van der Waals surface area contributed by atoms with Crippen LogP contribution in [0.15, 0.2) is 60.0 Å². The number of hydrogen-bond donors (Lipinski definition) is 1. The Bertz CT molecular complexity index is 904. The normalized spacial score (nSPS) is 10.8. The van der Waals surface area contributed by atoms with Crippen LogP contribution in [0, 0.1) is 5.82 Å². The van der Waals surface area contributed by atoms with Gasteiger partial charge in [-0.25, -0.2) is 9.37 Å². The number of nitrogens with one attached hydrogen (secondary N) is 1. The number of carbonyl (C=O) groups excluding carboxylic acids is 1. The Morgan fingerprint density at radius 1 is 1.24 bits per heavy atom. The van der Waals surface area contributed by atoms with Crippen molar-refractivity contribution < 1.29 is 13.9 Å². The van der Waals surface area contributed by atoms with Crippen LogP contribution in [-0.4, -0.2) is 18.0 Å². The van der Waals surface area contributed by atoms with Gasteiger partial charge >= 0.3 is 0 Å². The number of carbonyl (C=O) groups is 1. The number of aromatic nitrogens is 1. The predicted molar refractivity (Wildman–Crippen MR) is 98.2 cm³/mol. The number of thiazole rings is 1. The summed E-state index contributed by atoms with van der Waals surface area (Å²) >= 11 is 1.34. The van der Waals surface area contributed by atoms with Gasteiger partial charge < -0.3 is 4.74 Å². The molecule has 2 aromatic carbocycles. The van der Waals surface area contributed by atoms with Gasteiger partial charge in [-0.2, -0.15) is 0 Å². The first-order valence-electron chi connectivity index (χ1n) is 7.48. The van der Waals surface area contributed by atoms with E-state index in [1.54, 1.807) is 25.3 Å². The number of methoxy groups -OCH3 is 1. The lowest BCUT2D eigenvalue weighted by Crippen LogP contribution is -2.07. The van der Waals surface area contributed by atoms with E-state index >= 15 is 0 Å². The first-order chi connectivity index (χ1) is 12.1. The molecule has 25 heavy (non-hydrogen) atoms. The van der Waals surface area contributed by atoms with Gasteiger partial charge in [-0.05, 0) is 35.9 Å². The van der Waals surface area contributed by atoms with Gasteiger partial charge in [-0.1, -0.05) is 24.3 Å². The van der Waals surface area contributed by atoms with Crippen LogP contribution in [0.25, 0.3) is 17.3 Å². The summed E-state index contributed by atoms with van der Waals surface area (Å²) in [6.07, 6.45) is 3.01. The molecule has 1 heterocycles. The van der Waals surface area contributed by atoms with E-state index < -0.39 is 0 Å². The van der Waals surface area contributed by atoms with Gasteiger partial charge in [0.2, 0.25) is 5.91 Å². The summed E-state index contributed by atoms with van der Waals surface area (Å²) < 4.78 is 18.0. The number of halogens is 1. The van der Waals surface area contributed by atoms with Crippen molar-refractivity contribution in [3.8, 4) is 17.0 Å². The highest BCUT2D eigenvalue weighted by atomic mass is 32.1. The van der Waals surface area contributed by atoms with E-state index in [9.17, 15) is 9.18 Å². The minimum absolute atomic E-state index is 0.295. The Hall–Kier alpha value is -2.99. The number of nitrogens with zero attached hydrogens (tertiary/aromatic N) is 1. The van der Waals surface area contributed by atoms with Crippen molar-refractivity contribution in [1.29, 1.82) is 0 Å². The predicted octanol–water partition coefficient (Wildman–Crippen LogP) is 4.61. The molecule has 6 heteroatoms. The monoisotopic (exact) mass is 354 g/mol. The molecule has 1 N–H and O–H groups in total. The Labute approximate surface area is 148 Å². The van der Waals surface area contributed by atoms with Crippen LogP contribution in [0.4, 0.5) is 9.52 Å². The molecule has 126 valence electrons. The average Bonchev–Trinajstić information content (AvgIpc) is 3.10. The molecule has 0 aliphatic carbocycles. The number of anilines is 1. The van der Waals surface area contributed by atoms with Crippen LogP contribution >= 0.6 is 11.3 Å². The number of rotatable bonds is 5. The van der Waals surface area contributed by atoms with Crippen molar-refractivity contribution in [3.05, 3.63) is 71.4 Å². The standard InChI is InChI=1S/C19H15FN2O2S/c1-24-16-4-2-3-14(11-16)17-12-25-19(21-17)22-18(23)10-7-13-5-8-15(20)9-6-13/h2-12H,1H3,(H,21,22,23). The van der Waals surface area contributed by atoms with Crippen molar-refractivity contribution >= 4 is 28.5 Å². The second kappa shape index (κ2) is 7.72. The minimum atomic E-state index is -0.311. The Kier molecular flexibility index (Phi) is 5.20. The van der Waals surface area contributed by atoms with E-state index in [1.165, 1.54) is 29.5 Å². The number of ether oxygens (including phenoxy) is 1. The highest BCUT2D eigenvalue weighted by molar-refractivity contribution is 7.14. The summed E-state index contributed by atoms with van der Waals surface area (Å²) in [7, 11) is 1.61. The fourth-order valence-electron chi connectivity index (χ4n) is 2.14. The van der Waals surface area contributed by atoms with E-state index in [4.69, 9.17) is 4.74 Å². The molecule has 0 bridgehead atoms. The van der Waals surface area contributed by atoms with Crippen molar-refractivity contribution in [2.45, 2.75) is 0 Å². The molecule has 0 radical (unpaired) electrons. The molecule has 1 aromatic heterocycles. The van der Waals surface area contributed by atoms with Crippen molar-refractivity contribution in [3.63, 3.8) is 0 Å². The molecule has 0 saturated carbocycles. The van der Waals surface area contributed by atoms with E-state index in [0.717, 1.165) is 22.6 Å². The van der Waals surface area contributed by atoms with Gasteiger partial charge in [-0.3, -0.25) is 10.1 Å². The Balaban J connectivity index is 1.66. The highest BCUT2D eigenvalue weighted by Gasteiger charge is 2.07. The molecule has 0 saturated heterocycles. The molecule has 0 spiro atoms. The first-order valence-corrected chi connectivity index (χ1v) is 8.36. The second-order valence-corrected chi connectivity index (χ2v) is 6.00. The van der Waals surface area contributed by atoms with Gasteiger partial charge in [0, 0.05) is 17.0 Å². The quantitative estimate of drug-likeness (QED) is 0.681. The van der Waals surface area contributed by atoms with E-state index in [1.807, 2.05) is 29.6 Å². The topological polar surface area (TPSA) is 51.2 Å². The molecular weight excluding hydrogens is 339 g/mol. The van der Waals surface area contributed by atoms with E-state index in [0.29, 0.717) is 5.13 Å². The molecule has 0 aliphatic rings. The number of hydrogen-bond acceptors (Lipinski definition) is 4. The summed E-state index contributed by atoms with van der Waals surface area (Å²) in [5, 5.41) is 5.09. The van der Waals surface area contributed by atoms with Crippen LogP contribution in [0.3, 0.4) is 0 Å². The van der Waals surface area contributed by atoms with Crippen LogP contribution in [-0.2, 0) is 4.79 Å². The lowest BCUT2D eigenvalue weighted by atomic mass is 10.2. The van der Waals surface area contributed by atoms with Gasteiger partial charge in [0.1, 0.15) is 11.6 Å². The molecule has 0 aliphatic heterocycles. The smallest absolute Gasteiger partial charge is 0.250 e. The summed E-state index contributed by atoms with van der Waals surface area (Å²) in [5.74, 6) is 0.142. The maximum absolute atomic E-state index is 12.8. The largest absolute Gasteiger partial charge is 0.497 e. The molecule has 1 amide bonds. The summed E-state index contributed by atoms with van der Waals surface area (Å²) in [6, 6.07) is 13.5. The molecule has 4 nitrogen and oxygen atoms in total. The second-order valence-electron chi connectivity index (χ2n) is 5.14. The molecular formula is C19H15FN2O2S. The van der Waals surface area contributed by atoms with E-state index in [2.05, 4.69) is 10.3 Å². The Morgan fingerprint density at radius 2 is 2.04 bits per heavy atom. The molecule has 3 rings (SSSR count). The summed E-state index contributed by atoms with van der Waals surface area (Å²) in [6.45, 7) is 0. The zero-order chi connectivity index (χ0) is 17.6. The van der Waals surface area contributed by atoms with Crippen LogP contribution in [0.5, 0.6) is 5.75 Å². The highest BCUT2D eigenvalue weighted by Crippen LogP contribution is 2.27. The summed E-state index contributed by atoms with van der Waals surface area (Å²) in [4.78, 5) is 16.4. The van der Waals surface area contributed by atoms with Crippen LogP contribution in [0.2, 0.25) is 0 Å². The van der Waals surface area contributed by atoms with E-state index in [-0.39, 0.29) is 11.7 Å². The maximum Gasteiger partial charge on any atom is 0.250 e. The van der Waals surface area contributed by atoms with Crippen molar-refractivity contribution in [2.75, 3.05) is 12.4 Å². The summed E-state index contributed by atoms with van der Waals surface area (Å²) in [5.41, 5.74) is 2.42. The molecule has 3 aromatic rings. The molecule has 0 fully saturated rings. The van der Waals surface area contributed by atoms with Gasteiger partial charge in [0.25, 0.3) is 0 Å². The lowest BCUT2D eigenvalue weighted by Gasteiger charge is -2.01. The van der Waals surface area contributed by atoms with Crippen molar-refractivity contribution in [1.82, 2.24) is 4.98 Å². The maximum atomic E-state index is 12.8.